The van der Waals surface area contributed by atoms with Crippen LogP contribution in [-0.2, 0) is 16.0 Å². The van der Waals surface area contributed by atoms with Gasteiger partial charge in [-0.05, 0) is 30.5 Å². The van der Waals surface area contributed by atoms with Crippen molar-refractivity contribution in [2.75, 3.05) is 6.54 Å². The number of hydrogen-bond donors (Lipinski definition) is 2. The van der Waals surface area contributed by atoms with Crippen molar-refractivity contribution in [3.05, 3.63) is 33.8 Å². The lowest BCUT2D eigenvalue weighted by Crippen LogP contribution is -2.25. The highest BCUT2D eigenvalue weighted by molar-refractivity contribution is 6.35. The van der Waals surface area contributed by atoms with Gasteiger partial charge in [-0.25, -0.2) is 0 Å². The highest BCUT2D eigenvalue weighted by atomic mass is 35.5. The maximum atomic E-state index is 11.5. The van der Waals surface area contributed by atoms with Crippen molar-refractivity contribution in [3.63, 3.8) is 0 Å². The zero-order valence-corrected chi connectivity index (χ0v) is 11.8. The van der Waals surface area contributed by atoms with Gasteiger partial charge in [0.2, 0.25) is 5.91 Å². The molecule has 0 fully saturated rings. The average molecular weight is 304 g/mol. The van der Waals surface area contributed by atoms with E-state index in [9.17, 15) is 9.59 Å². The van der Waals surface area contributed by atoms with E-state index in [2.05, 4.69) is 5.32 Å². The van der Waals surface area contributed by atoms with Gasteiger partial charge in [-0.15, -0.1) is 0 Å². The number of carbonyl (C=O) groups is 2. The number of carbonyl (C=O) groups excluding carboxylic acids is 1. The summed E-state index contributed by atoms with van der Waals surface area (Å²) in [6.07, 6.45) is 1.33. The zero-order chi connectivity index (χ0) is 14.3. The molecule has 104 valence electrons. The molecule has 1 amide bonds. The number of aliphatic carboxylic acids is 1. The smallest absolute Gasteiger partial charge is 0.303 e. The van der Waals surface area contributed by atoms with E-state index in [1.807, 2.05) is 0 Å². The summed E-state index contributed by atoms with van der Waals surface area (Å²) in [5.74, 6) is -0.974. The summed E-state index contributed by atoms with van der Waals surface area (Å²) in [4.78, 5) is 21.8. The zero-order valence-electron chi connectivity index (χ0n) is 10.3. The molecule has 0 unspecified atom stereocenters. The molecule has 6 heteroatoms. The fourth-order valence-electron chi connectivity index (χ4n) is 1.53. The molecule has 0 radical (unpaired) electrons. The maximum absolute atomic E-state index is 11.5. The third kappa shape index (κ3) is 6.45. The van der Waals surface area contributed by atoms with Crippen LogP contribution in [0.1, 0.15) is 24.8 Å². The van der Waals surface area contributed by atoms with E-state index in [-0.39, 0.29) is 12.3 Å². The first-order valence-electron chi connectivity index (χ1n) is 5.91. The Morgan fingerprint density at radius 2 is 1.95 bits per heavy atom. The Balaban J connectivity index is 2.28. The van der Waals surface area contributed by atoms with Gasteiger partial charge in [0, 0.05) is 29.4 Å². The third-order valence-electron chi connectivity index (χ3n) is 2.53. The summed E-state index contributed by atoms with van der Waals surface area (Å²) in [6, 6.07) is 5.17. The number of amides is 1. The monoisotopic (exact) mass is 303 g/mol. The van der Waals surface area contributed by atoms with Crippen molar-refractivity contribution in [1.82, 2.24) is 5.32 Å². The van der Waals surface area contributed by atoms with Gasteiger partial charge in [0.15, 0.2) is 0 Å². The topological polar surface area (TPSA) is 66.4 Å². The van der Waals surface area contributed by atoms with Gasteiger partial charge in [-0.1, -0.05) is 29.3 Å². The van der Waals surface area contributed by atoms with Gasteiger partial charge in [0.05, 0.1) is 0 Å². The van der Waals surface area contributed by atoms with Crippen molar-refractivity contribution < 1.29 is 14.7 Å². The summed E-state index contributed by atoms with van der Waals surface area (Å²) < 4.78 is 0. The lowest BCUT2D eigenvalue weighted by Gasteiger charge is -2.06. The first-order valence-corrected chi connectivity index (χ1v) is 6.67. The van der Waals surface area contributed by atoms with E-state index in [1.165, 1.54) is 0 Å². The van der Waals surface area contributed by atoms with E-state index in [1.54, 1.807) is 18.2 Å². The first kappa shape index (κ1) is 15.8. The molecule has 1 aromatic rings. The van der Waals surface area contributed by atoms with E-state index >= 15 is 0 Å². The highest BCUT2D eigenvalue weighted by Gasteiger charge is 2.06. The molecular weight excluding hydrogens is 289 g/mol. The minimum atomic E-state index is -0.859. The molecule has 0 aliphatic heterocycles. The van der Waals surface area contributed by atoms with Crippen LogP contribution in [0.15, 0.2) is 18.2 Å². The molecular formula is C13H15Cl2NO3. The Labute approximate surface area is 121 Å². The molecule has 2 N–H and O–H groups in total. The van der Waals surface area contributed by atoms with Crippen LogP contribution in [0.2, 0.25) is 10.0 Å². The summed E-state index contributed by atoms with van der Waals surface area (Å²) in [7, 11) is 0. The number of hydrogen-bond acceptors (Lipinski definition) is 2. The van der Waals surface area contributed by atoms with Gasteiger partial charge in [0.25, 0.3) is 0 Å². The number of benzene rings is 1. The third-order valence-corrected chi connectivity index (χ3v) is 3.11. The van der Waals surface area contributed by atoms with Gasteiger partial charge < -0.3 is 10.4 Å². The van der Waals surface area contributed by atoms with Crippen LogP contribution < -0.4 is 5.32 Å². The largest absolute Gasteiger partial charge is 0.481 e. The molecule has 0 saturated heterocycles. The van der Waals surface area contributed by atoms with E-state index < -0.39 is 5.97 Å². The van der Waals surface area contributed by atoms with Gasteiger partial charge in [-0.2, -0.15) is 0 Å². The molecule has 0 aliphatic rings. The highest BCUT2D eigenvalue weighted by Crippen LogP contribution is 2.21. The Morgan fingerprint density at radius 1 is 1.21 bits per heavy atom. The van der Waals surface area contributed by atoms with Crippen molar-refractivity contribution in [1.29, 1.82) is 0 Å². The molecule has 0 atom stereocenters. The van der Waals surface area contributed by atoms with Crippen LogP contribution >= 0.6 is 23.2 Å². The van der Waals surface area contributed by atoms with Crippen molar-refractivity contribution >= 4 is 35.1 Å². The Bertz CT molecular complexity index is 463. The predicted octanol–water partition coefficient (Wildman–Crippen LogP) is 2.91. The first-order chi connectivity index (χ1) is 8.99. The summed E-state index contributed by atoms with van der Waals surface area (Å²) in [6.45, 7) is 0.374. The second-order valence-corrected chi connectivity index (χ2v) is 4.93. The number of rotatable bonds is 7. The quantitative estimate of drug-likeness (QED) is 0.761. The van der Waals surface area contributed by atoms with Crippen molar-refractivity contribution in [3.8, 4) is 0 Å². The van der Waals surface area contributed by atoms with Crippen LogP contribution in [0.25, 0.3) is 0 Å². The SMILES string of the molecule is O=C(O)CCCNC(=O)CCc1ccc(Cl)cc1Cl. The molecule has 0 saturated carbocycles. The number of nitrogens with one attached hydrogen (secondary N) is 1. The van der Waals surface area contributed by atoms with Crippen LogP contribution in [0, 0.1) is 0 Å². The molecule has 4 nitrogen and oxygen atoms in total. The lowest BCUT2D eigenvalue weighted by molar-refractivity contribution is -0.137. The molecule has 0 spiro atoms. The molecule has 0 heterocycles. The Kier molecular flexibility index (Phi) is 6.67. The number of aryl methyl sites for hydroxylation is 1. The summed E-state index contributed by atoms with van der Waals surface area (Å²) in [5, 5.41) is 12.2. The molecule has 0 aliphatic carbocycles. The second kappa shape index (κ2) is 8.02. The van der Waals surface area contributed by atoms with Crippen LogP contribution in [-0.4, -0.2) is 23.5 Å². The average Bonchev–Trinajstić information content (AvgIpc) is 2.33. The maximum Gasteiger partial charge on any atom is 0.303 e. The minimum Gasteiger partial charge on any atom is -0.481 e. The van der Waals surface area contributed by atoms with Crippen LogP contribution in [0.4, 0.5) is 0 Å². The minimum absolute atomic E-state index is 0.0588. The van der Waals surface area contributed by atoms with E-state index in [0.717, 1.165) is 5.56 Å². The van der Waals surface area contributed by atoms with Gasteiger partial charge >= 0.3 is 5.97 Å². The standard InChI is InChI=1S/C13H15Cl2NO3/c14-10-5-3-9(11(15)8-10)4-6-12(17)16-7-1-2-13(18)19/h3,5,8H,1-2,4,6-7H2,(H,16,17)(H,18,19). The van der Waals surface area contributed by atoms with Crippen molar-refractivity contribution in [2.24, 2.45) is 0 Å². The lowest BCUT2D eigenvalue weighted by atomic mass is 10.1. The second-order valence-electron chi connectivity index (χ2n) is 4.08. The van der Waals surface area contributed by atoms with E-state index in [0.29, 0.717) is 35.9 Å². The number of carboxylic acids is 1. The van der Waals surface area contributed by atoms with Crippen LogP contribution in [0.5, 0.6) is 0 Å². The predicted molar refractivity (Wildman–Crippen MR) is 74.7 cm³/mol. The Hall–Kier alpha value is -1.26. The molecule has 0 bridgehead atoms. The fraction of sp³-hybridized carbons (Fsp3) is 0.385. The molecule has 19 heavy (non-hydrogen) atoms. The summed E-state index contributed by atoms with van der Waals surface area (Å²) >= 11 is 11.8. The normalized spacial score (nSPS) is 10.2. The Morgan fingerprint density at radius 3 is 2.58 bits per heavy atom. The van der Waals surface area contributed by atoms with Crippen LogP contribution in [0.3, 0.4) is 0 Å². The van der Waals surface area contributed by atoms with Gasteiger partial charge in [-0.3, -0.25) is 9.59 Å². The molecule has 1 aromatic carbocycles. The van der Waals surface area contributed by atoms with Crippen molar-refractivity contribution in [2.45, 2.75) is 25.7 Å². The fourth-order valence-corrected chi connectivity index (χ4v) is 2.03. The molecule has 1 rings (SSSR count). The molecule has 0 aromatic heterocycles. The number of halogens is 2. The van der Waals surface area contributed by atoms with E-state index in [4.69, 9.17) is 28.3 Å². The van der Waals surface area contributed by atoms with Gasteiger partial charge in [0.1, 0.15) is 0 Å². The summed E-state index contributed by atoms with van der Waals surface area (Å²) in [5.41, 5.74) is 0.867. The number of carboxylic acid groups (broad SMARTS) is 1.